The molecule has 0 saturated heterocycles. The molecule has 2 aromatic heterocycles. The number of hydrogen-bond acceptors (Lipinski definition) is 4. The minimum absolute atomic E-state index is 0.0269. The lowest BCUT2D eigenvalue weighted by Gasteiger charge is -2.37. The smallest absolute Gasteiger partial charge is 0.245 e. The van der Waals surface area contributed by atoms with Gasteiger partial charge in [-0.25, -0.2) is 4.68 Å². The Labute approximate surface area is 162 Å². The molecule has 0 saturated carbocycles. The first-order valence-electron chi connectivity index (χ1n) is 9.37. The number of aromatic nitrogens is 4. The van der Waals surface area contributed by atoms with E-state index < -0.39 is 0 Å². The number of fused-ring (bicyclic) bond motifs is 2. The fourth-order valence-electron chi connectivity index (χ4n) is 3.99. The van der Waals surface area contributed by atoms with Crippen LogP contribution in [0.2, 0.25) is 0 Å². The first-order chi connectivity index (χ1) is 13.8. The molecule has 0 N–H and O–H groups in total. The highest BCUT2D eigenvalue weighted by molar-refractivity contribution is 5.80. The summed E-state index contributed by atoms with van der Waals surface area (Å²) in [4.78, 5) is 19.5. The van der Waals surface area contributed by atoms with Gasteiger partial charge in [0.05, 0.1) is 11.6 Å². The minimum Gasteiger partial charge on any atom is -0.330 e. The predicted octanol–water partition coefficient (Wildman–Crippen LogP) is 3.00. The Hall–Kier alpha value is -3.54. The van der Waals surface area contributed by atoms with Crippen LogP contribution in [-0.4, -0.2) is 37.3 Å². The molecule has 1 atom stereocenters. The van der Waals surface area contributed by atoms with Gasteiger partial charge in [0.25, 0.3) is 0 Å². The highest BCUT2D eigenvalue weighted by Gasteiger charge is 2.32. The predicted molar refractivity (Wildman–Crippen MR) is 105 cm³/mol. The van der Waals surface area contributed by atoms with Crippen molar-refractivity contribution in [3.63, 3.8) is 0 Å². The Balaban J connectivity index is 1.51. The quantitative estimate of drug-likeness (QED) is 0.557. The van der Waals surface area contributed by atoms with Crippen LogP contribution in [-0.2, 0) is 17.8 Å². The molecule has 3 heterocycles. The van der Waals surface area contributed by atoms with E-state index in [0.29, 0.717) is 6.54 Å². The second-order valence-corrected chi connectivity index (χ2v) is 6.96. The summed E-state index contributed by atoms with van der Waals surface area (Å²) >= 11 is 0. The number of carbonyl (C=O) groups is 1. The monoisotopic (exact) mass is 369 g/mol. The molecule has 138 valence electrons. The van der Waals surface area contributed by atoms with E-state index in [4.69, 9.17) is 0 Å². The molecule has 1 aliphatic rings. The summed E-state index contributed by atoms with van der Waals surface area (Å²) in [5, 5.41) is 8.34. The zero-order valence-electron chi connectivity index (χ0n) is 15.3. The Morgan fingerprint density at radius 2 is 1.89 bits per heavy atom. The second-order valence-electron chi connectivity index (χ2n) is 6.96. The third-order valence-electron chi connectivity index (χ3n) is 5.31. The molecule has 0 aliphatic carbocycles. The summed E-state index contributed by atoms with van der Waals surface area (Å²) in [5.74, 6) is 0.0269. The largest absolute Gasteiger partial charge is 0.330 e. The molecule has 1 aliphatic heterocycles. The van der Waals surface area contributed by atoms with E-state index in [2.05, 4.69) is 33.5 Å². The molecule has 6 heteroatoms. The zero-order valence-corrected chi connectivity index (χ0v) is 15.3. The number of amides is 1. The van der Waals surface area contributed by atoms with Crippen LogP contribution in [0.5, 0.6) is 0 Å². The lowest BCUT2D eigenvalue weighted by Crippen LogP contribution is -2.42. The van der Waals surface area contributed by atoms with Crippen molar-refractivity contribution in [2.45, 2.75) is 19.0 Å². The summed E-state index contributed by atoms with van der Waals surface area (Å²) in [7, 11) is 0. The summed E-state index contributed by atoms with van der Waals surface area (Å²) in [6, 6.07) is 19.8. The van der Waals surface area contributed by atoms with Crippen LogP contribution in [0.25, 0.3) is 11.0 Å². The van der Waals surface area contributed by atoms with Crippen LogP contribution in [0.15, 0.2) is 73.1 Å². The molecule has 28 heavy (non-hydrogen) atoms. The molecular formula is C22H19N5O. The Morgan fingerprint density at radius 3 is 2.79 bits per heavy atom. The van der Waals surface area contributed by atoms with Gasteiger partial charge in [0.15, 0.2) is 0 Å². The number of nitrogens with zero attached hydrogens (tertiary/aromatic N) is 5. The Morgan fingerprint density at radius 1 is 1.04 bits per heavy atom. The normalized spacial score (nSPS) is 16.1. The standard InChI is InChI=1S/C22H19N5O/c28-21(15-27-20-10-4-3-9-19(20)24-25-27)26-13-11-16-6-1-2-8-18(16)22(26)17-7-5-12-23-14-17/h1-10,12,14,22H,11,13,15H2. The maximum absolute atomic E-state index is 13.3. The van der Waals surface area contributed by atoms with Crippen molar-refractivity contribution in [2.24, 2.45) is 0 Å². The van der Waals surface area contributed by atoms with Gasteiger partial charge in [0, 0.05) is 18.9 Å². The molecule has 0 spiro atoms. The molecule has 5 rings (SSSR count). The third kappa shape index (κ3) is 2.83. The summed E-state index contributed by atoms with van der Waals surface area (Å²) in [5.41, 5.74) is 5.13. The summed E-state index contributed by atoms with van der Waals surface area (Å²) < 4.78 is 1.68. The third-order valence-corrected chi connectivity index (χ3v) is 5.31. The molecule has 0 bridgehead atoms. The summed E-state index contributed by atoms with van der Waals surface area (Å²) in [6.07, 6.45) is 4.45. The van der Waals surface area contributed by atoms with Crippen molar-refractivity contribution < 1.29 is 4.79 Å². The van der Waals surface area contributed by atoms with E-state index in [1.54, 1.807) is 10.9 Å². The molecule has 0 radical (unpaired) electrons. The lowest BCUT2D eigenvalue weighted by atomic mass is 9.89. The number of carbonyl (C=O) groups excluding carboxylic acids is 1. The van der Waals surface area contributed by atoms with Gasteiger partial charge in [-0.05, 0) is 41.3 Å². The highest BCUT2D eigenvalue weighted by Crippen LogP contribution is 2.35. The maximum atomic E-state index is 13.3. The van der Waals surface area contributed by atoms with E-state index in [9.17, 15) is 4.79 Å². The number of benzene rings is 2. The van der Waals surface area contributed by atoms with E-state index >= 15 is 0 Å². The lowest BCUT2D eigenvalue weighted by molar-refractivity contribution is -0.134. The van der Waals surface area contributed by atoms with Crippen LogP contribution >= 0.6 is 0 Å². The molecule has 1 unspecified atom stereocenters. The number of rotatable bonds is 3. The van der Waals surface area contributed by atoms with E-state index in [-0.39, 0.29) is 18.5 Å². The minimum atomic E-state index is -0.138. The van der Waals surface area contributed by atoms with Crippen molar-refractivity contribution in [1.82, 2.24) is 24.9 Å². The average molecular weight is 369 g/mol. The van der Waals surface area contributed by atoms with Crippen LogP contribution in [0, 0.1) is 0 Å². The van der Waals surface area contributed by atoms with Crippen molar-refractivity contribution in [1.29, 1.82) is 0 Å². The second kappa shape index (κ2) is 6.88. The molecule has 4 aromatic rings. The van der Waals surface area contributed by atoms with Gasteiger partial charge in [-0.2, -0.15) is 0 Å². The van der Waals surface area contributed by atoms with Crippen molar-refractivity contribution >= 4 is 16.9 Å². The fourth-order valence-corrected chi connectivity index (χ4v) is 3.99. The van der Waals surface area contributed by atoms with Gasteiger partial charge in [0.1, 0.15) is 12.1 Å². The number of para-hydroxylation sites is 1. The van der Waals surface area contributed by atoms with Crippen LogP contribution in [0.1, 0.15) is 22.7 Å². The van der Waals surface area contributed by atoms with E-state index in [1.807, 2.05) is 53.6 Å². The molecule has 6 nitrogen and oxygen atoms in total. The average Bonchev–Trinajstić information content (AvgIpc) is 3.16. The van der Waals surface area contributed by atoms with Crippen LogP contribution < -0.4 is 0 Å². The molecular weight excluding hydrogens is 350 g/mol. The topological polar surface area (TPSA) is 63.9 Å². The Kier molecular flexibility index (Phi) is 4.09. The van der Waals surface area contributed by atoms with E-state index in [0.717, 1.165) is 23.0 Å². The molecule has 0 fully saturated rings. The highest BCUT2D eigenvalue weighted by atomic mass is 16.2. The van der Waals surface area contributed by atoms with Crippen molar-refractivity contribution in [3.8, 4) is 0 Å². The summed E-state index contributed by atoms with van der Waals surface area (Å²) in [6.45, 7) is 0.835. The SMILES string of the molecule is O=C(Cn1nnc2ccccc21)N1CCc2ccccc2C1c1cccnc1. The van der Waals surface area contributed by atoms with Gasteiger partial charge in [-0.15, -0.1) is 5.10 Å². The van der Waals surface area contributed by atoms with Crippen molar-refractivity contribution in [3.05, 3.63) is 89.7 Å². The van der Waals surface area contributed by atoms with Crippen LogP contribution in [0.4, 0.5) is 0 Å². The van der Waals surface area contributed by atoms with E-state index in [1.165, 1.54) is 11.1 Å². The Bertz CT molecular complexity index is 1140. The van der Waals surface area contributed by atoms with Crippen molar-refractivity contribution in [2.75, 3.05) is 6.54 Å². The molecule has 2 aromatic carbocycles. The first-order valence-corrected chi connectivity index (χ1v) is 9.37. The van der Waals surface area contributed by atoms with Gasteiger partial charge >= 0.3 is 0 Å². The van der Waals surface area contributed by atoms with Crippen LogP contribution in [0.3, 0.4) is 0 Å². The van der Waals surface area contributed by atoms with Gasteiger partial charge < -0.3 is 4.90 Å². The first kappa shape index (κ1) is 16.6. The zero-order chi connectivity index (χ0) is 18.9. The van der Waals surface area contributed by atoms with Gasteiger partial charge in [0.2, 0.25) is 5.91 Å². The number of pyridine rings is 1. The van der Waals surface area contributed by atoms with Gasteiger partial charge in [-0.1, -0.05) is 47.7 Å². The molecule has 1 amide bonds. The number of hydrogen-bond donors (Lipinski definition) is 0. The van der Waals surface area contributed by atoms with Gasteiger partial charge in [-0.3, -0.25) is 9.78 Å². The maximum Gasteiger partial charge on any atom is 0.245 e. The fraction of sp³-hybridized carbons (Fsp3) is 0.182.